The molecule has 15 heavy (non-hydrogen) atoms. The summed E-state index contributed by atoms with van der Waals surface area (Å²) in [7, 11) is 0. The Labute approximate surface area is 97.7 Å². The van der Waals surface area contributed by atoms with Crippen LogP contribution in [0.15, 0.2) is 11.6 Å². The highest BCUT2D eigenvalue weighted by Gasteiger charge is 2.35. The summed E-state index contributed by atoms with van der Waals surface area (Å²) in [5.41, 5.74) is 1.66. The second-order valence-corrected chi connectivity index (χ2v) is 6.92. The minimum Gasteiger partial charge on any atom is -0.287 e. The fourth-order valence-corrected chi connectivity index (χ4v) is 2.87. The zero-order valence-electron chi connectivity index (χ0n) is 10.5. The Morgan fingerprint density at radius 3 is 2.60 bits per heavy atom. The van der Waals surface area contributed by atoms with E-state index < -0.39 is 0 Å². The molecule has 1 rings (SSSR count). The van der Waals surface area contributed by atoms with E-state index in [1.807, 2.05) is 0 Å². The van der Waals surface area contributed by atoms with Crippen LogP contribution in [0.5, 0.6) is 0 Å². The summed E-state index contributed by atoms with van der Waals surface area (Å²) >= 11 is 1.48. The smallest absolute Gasteiger partial charge is 0.189 e. The standard InChI is InChI=1S/C13H22OS/c1-9(2)15-12(14)8-11-7-6-10(3)13(11,4)5/h6,9,11H,7-8H2,1-5H3. The molecule has 0 aromatic carbocycles. The molecule has 0 aromatic rings. The van der Waals surface area contributed by atoms with E-state index in [1.54, 1.807) is 0 Å². The van der Waals surface area contributed by atoms with Crippen molar-refractivity contribution in [3.8, 4) is 0 Å². The van der Waals surface area contributed by atoms with Gasteiger partial charge in [0.25, 0.3) is 0 Å². The van der Waals surface area contributed by atoms with Gasteiger partial charge in [0.2, 0.25) is 0 Å². The number of rotatable bonds is 3. The van der Waals surface area contributed by atoms with Crippen LogP contribution in [0.2, 0.25) is 0 Å². The van der Waals surface area contributed by atoms with Crippen molar-refractivity contribution in [2.75, 3.05) is 0 Å². The van der Waals surface area contributed by atoms with Crippen LogP contribution in [0.1, 0.15) is 47.5 Å². The Balaban J connectivity index is 2.51. The molecule has 0 aromatic heterocycles. The van der Waals surface area contributed by atoms with Gasteiger partial charge in [-0.2, -0.15) is 0 Å². The molecule has 0 spiro atoms. The Morgan fingerprint density at radius 2 is 2.20 bits per heavy atom. The molecule has 0 amide bonds. The van der Waals surface area contributed by atoms with Gasteiger partial charge in [-0.05, 0) is 24.7 Å². The number of carbonyl (C=O) groups is 1. The number of hydrogen-bond donors (Lipinski definition) is 0. The van der Waals surface area contributed by atoms with Crippen molar-refractivity contribution in [2.24, 2.45) is 11.3 Å². The van der Waals surface area contributed by atoms with Crippen LogP contribution in [0.3, 0.4) is 0 Å². The second-order valence-electron chi connectivity index (χ2n) is 5.28. The first-order chi connectivity index (χ1) is 6.84. The lowest BCUT2D eigenvalue weighted by Crippen LogP contribution is -2.22. The zero-order chi connectivity index (χ0) is 11.6. The maximum atomic E-state index is 11.7. The monoisotopic (exact) mass is 226 g/mol. The molecular weight excluding hydrogens is 204 g/mol. The molecule has 0 saturated carbocycles. The van der Waals surface area contributed by atoms with Gasteiger partial charge in [-0.25, -0.2) is 0 Å². The van der Waals surface area contributed by atoms with Gasteiger partial charge in [-0.3, -0.25) is 4.79 Å². The van der Waals surface area contributed by atoms with Gasteiger partial charge in [0.1, 0.15) is 0 Å². The molecule has 0 radical (unpaired) electrons. The highest BCUT2D eigenvalue weighted by atomic mass is 32.2. The summed E-state index contributed by atoms with van der Waals surface area (Å²) in [5, 5.41) is 0.766. The number of thioether (sulfide) groups is 1. The third-order valence-electron chi connectivity index (χ3n) is 3.53. The van der Waals surface area contributed by atoms with Gasteiger partial charge >= 0.3 is 0 Å². The molecule has 1 nitrogen and oxygen atoms in total. The first-order valence-electron chi connectivity index (χ1n) is 5.70. The van der Waals surface area contributed by atoms with Gasteiger partial charge in [-0.15, -0.1) is 0 Å². The summed E-state index contributed by atoms with van der Waals surface area (Å²) in [6.07, 6.45) is 4.09. The van der Waals surface area contributed by atoms with Crippen LogP contribution >= 0.6 is 11.8 Å². The molecule has 0 saturated heterocycles. The lowest BCUT2D eigenvalue weighted by molar-refractivity contribution is -0.112. The van der Waals surface area contributed by atoms with E-state index in [0.29, 0.717) is 16.3 Å². The maximum absolute atomic E-state index is 11.7. The molecule has 0 fully saturated rings. The zero-order valence-corrected chi connectivity index (χ0v) is 11.3. The van der Waals surface area contributed by atoms with Crippen molar-refractivity contribution in [1.29, 1.82) is 0 Å². The molecule has 0 N–H and O–H groups in total. The Bertz CT molecular complexity index is 276. The predicted octanol–water partition coefficient (Wildman–Crippen LogP) is 4.04. The minimum absolute atomic E-state index is 0.215. The van der Waals surface area contributed by atoms with E-state index >= 15 is 0 Å². The maximum Gasteiger partial charge on any atom is 0.189 e. The first kappa shape index (κ1) is 12.8. The van der Waals surface area contributed by atoms with Gasteiger partial charge in [-0.1, -0.05) is 51.1 Å². The van der Waals surface area contributed by atoms with Gasteiger partial charge < -0.3 is 0 Å². The minimum atomic E-state index is 0.215. The quantitative estimate of drug-likeness (QED) is 0.676. The molecule has 0 heterocycles. The lowest BCUT2D eigenvalue weighted by Gasteiger charge is -2.29. The van der Waals surface area contributed by atoms with Crippen LogP contribution in [0.25, 0.3) is 0 Å². The van der Waals surface area contributed by atoms with E-state index in [9.17, 15) is 4.79 Å². The number of hydrogen-bond acceptors (Lipinski definition) is 2. The van der Waals surface area contributed by atoms with E-state index in [-0.39, 0.29) is 5.41 Å². The van der Waals surface area contributed by atoms with Crippen LogP contribution in [0, 0.1) is 11.3 Å². The van der Waals surface area contributed by atoms with Crippen LogP contribution in [0.4, 0.5) is 0 Å². The molecule has 1 atom stereocenters. The Hall–Kier alpha value is -0.240. The van der Waals surface area contributed by atoms with E-state index in [4.69, 9.17) is 0 Å². The predicted molar refractivity (Wildman–Crippen MR) is 68.0 cm³/mol. The van der Waals surface area contributed by atoms with Crippen LogP contribution in [-0.4, -0.2) is 10.4 Å². The normalized spacial score (nSPS) is 24.4. The van der Waals surface area contributed by atoms with Crippen molar-refractivity contribution in [1.82, 2.24) is 0 Å². The summed E-state index contributed by atoms with van der Waals surface area (Å²) in [4.78, 5) is 11.7. The summed E-state index contributed by atoms with van der Waals surface area (Å²) in [5.74, 6) is 0.510. The van der Waals surface area contributed by atoms with Crippen molar-refractivity contribution < 1.29 is 4.79 Å². The Morgan fingerprint density at radius 1 is 1.60 bits per heavy atom. The van der Waals surface area contributed by atoms with E-state index in [1.165, 1.54) is 17.3 Å². The average molecular weight is 226 g/mol. The van der Waals surface area contributed by atoms with Crippen LogP contribution in [-0.2, 0) is 4.79 Å². The average Bonchev–Trinajstić information content (AvgIpc) is 2.30. The van der Waals surface area contributed by atoms with Gasteiger partial charge in [0.05, 0.1) is 0 Å². The van der Waals surface area contributed by atoms with Crippen LogP contribution < -0.4 is 0 Å². The first-order valence-corrected chi connectivity index (χ1v) is 6.58. The highest BCUT2D eigenvalue weighted by molar-refractivity contribution is 8.14. The van der Waals surface area contributed by atoms with Gasteiger partial charge in [0.15, 0.2) is 5.12 Å². The van der Waals surface area contributed by atoms with Crippen molar-refractivity contribution >= 4 is 16.9 Å². The largest absolute Gasteiger partial charge is 0.287 e. The van der Waals surface area contributed by atoms with Gasteiger partial charge in [0, 0.05) is 11.7 Å². The van der Waals surface area contributed by atoms with Crippen molar-refractivity contribution in [3.63, 3.8) is 0 Å². The fourth-order valence-electron chi connectivity index (χ4n) is 2.05. The molecular formula is C13H22OS. The molecule has 0 aliphatic heterocycles. The van der Waals surface area contributed by atoms with E-state index in [2.05, 4.69) is 40.7 Å². The van der Waals surface area contributed by atoms with E-state index in [0.717, 1.165) is 12.8 Å². The highest BCUT2D eigenvalue weighted by Crippen LogP contribution is 2.45. The molecule has 2 heteroatoms. The second kappa shape index (κ2) is 4.73. The Kier molecular flexibility index (Phi) is 4.05. The molecule has 86 valence electrons. The van der Waals surface area contributed by atoms with Crippen molar-refractivity contribution in [2.45, 2.75) is 52.7 Å². The topological polar surface area (TPSA) is 17.1 Å². The molecule has 1 unspecified atom stereocenters. The SMILES string of the molecule is CC1=CCC(CC(=O)SC(C)C)C1(C)C. The summed E-state index contributed by atoms with van der Waals surface area (Å²) < 4.78 is 0. The third-order valence-corrected chi connectivity index (χ3v) is 4.43. The molecule has 0 bridgehead atoms. The summed E-state index contributed by atoms with van der Waals surface area (Å²) in [6.45, 7) is 10.8. The molecule has 1 aliphatic carbocycles. The molecule has 1 aliphatic rings. The lowest BCUT2D eigenvalue weighted by atomic mass is 9.76. The summed E-state index contributed by atoms with van der Waals surface area (Å²) in [6, 6.07) is 0. The van der Waals surface area contributed by atoms with Crippen molar-refractivity contribution in [3.05, 3.63) is 11.6 Å². The number of carbonyl (C=O) groups excluding carboxylic acids is 1. The number of allylic oxidation sites excluding steroid dienone is 2. The fraction of sp³-hybridized carbons (Fsp3) is 0.769. The third kappa shape index (κ3) is 3.10.